The molecular weight excluding hydrogens is 234 g/mol. The normalized spacial score (nSPS) is 21.6. The van der Waals surface area contributed by atoms with Crippen molar-refractivity contribution in [2.45, 2.75) is 19.9 Å². The summed E-state index contributed by atoms with van der Waals surface area (Å²) >= 11 is 0. The molecule has 0 radical (unpaired) electrons. The number of nitrogens with one attached hydrogen (secondary N) is 1. The van der Waals surface area contributed by atoms with Crippen molar-refractivity contribution >= 4 is 10.8 Å². The Morgan fingerprint density at radius 2 is 1.89 bits per heavy atom. The summed E-state index contributed by atoms with van der Waals surface area (Å²) in [6, 6.07) is 12.7. The minimum atomic E-state index is 0.893. The van der Waals surface area contributed by atoms with E-state index < -0.39 is 0 Å². The highest BCUT2D eigenvalue weighted by Gasteiger charge is 2.31. The van der Waals surface area contributed by atoms with Crippen molar-refractivity contribution in [1.82, 2.24) is 5.32 Å². The maximum Gasteiger partial charge on any atom is 0.126 e. The van der Waals surface area contributed by atoms with Crippen LogP contribution in [0.25, 0.3) is 10.8 Å². The Hall–Kier alpha value is -1.54. The topological polar surface area (TPSA) is 21.3 Å². The standard InChI is InChI=1S/C17H21NO/c1-12-9-14(12)11-18-10-13-7-8-17(19-2)16-6-4-3-5-15(13)16/h3-8,12,14,18H,9-11H2,1-2H3. The van der Waals surface area contributed by atoms with E-state index in [0.717, 1.165) is 30.7 Å². The first-order valence-corrected chi connectivity index (χ1v) is 7.05. The summed E-state index contributed by atoms with van der Waals surface area (Å²) in [5.41, 5.74) is 1.35. The maximum atomic E-state index is 5.43. The number of ether oxygens (including phenoxy) is 1. The van der Waals surface area contributed by atoms with Crippen LogP contribution >= 0.6 is 0 Å². The number of benzene rings is 2. The van der Waals surface area contributed by atoms with Crippen LogP contribution in [0.2, 0.25) is 0 Å². The minimum Gasteiger partial charge on any atom is -0.496 e. The SMILES string of the molecule is COc1ccc(CNCC2CC2C)c2ccccc12. The summed E-state index contributed by atoms with van der Waals surface area (Å²) in [5, 5.41) is 6.07. The van der Waals surface area contributed by atoms with Gasteiger partial charge in [0.25, 0.3) is 0 Å². The Kier molecular flexibility index (Phi) is 3.43. The lowest BCUT2D eigenvalue weighted by Gasteiger charge is -2.11. The third-order valence-corrected chi connectivity index (χ3v) is 4.19. The van der Waals surface area contributed by atoms with Crippen LogP contribution in [-0.4, -0.2) is 13.7 Å². The second kappa shape index (κ2) is 5.22. The van der Waals surface area contributed by atoms with Gasteiger partial charge in [-0.15, -0.1) is 0 Å². The molecule has 1 aliphatic carbocycles. The molecule has 3 rings (SSSR count). The highest BCUT2D eigenvalue weighted by molar-refractivity contribution is 5.91. The zero-order chi connectivity index (χ0) is 13.2. The molecule has 0 saturated heterocycles. The van der Waals surface area contributed by atoms with Gasteiger partial charge in [0, 0.05) is 11.9 Å². The molecule has 2 aromatic rings. The first kappa shape index (κ1) is 12.5. The molecule has 0 amide bonds. The van der Waals surface area contributed by atoms with Crippen LogP contribution in [0.4, 0.5) is 0 Å². The van der Waals surface area contributed by atoms with E-state index in [1.54, 1.807) is 7.11 Å². The number of rotatable bonds is 5. The van der Waals surface area contributed by atoms with Crippen LogP contribution < -0.4 is 10.1 Å². The second-order valence-electron chi connectivity index (χ2n) is 5.58. The number of hydrogen-bond donors (Lipinski definition) is 1. The third-order valence-electron chi connectivity index (χ3n) is 4.19. The van der Waals surface area contributed by atoms with Gasteiger partial charge in [-0.1, -0.05) is 37.3 Å². The zero-order valence-corrected chi connectivity index (χ0v) is 11.6. The molecule has 0 bridgehead atoms. The average molecular weight is 255 g/mol. The number of hydrogen-bond acceptors (Lipinski definition) is 2. The van der Waals surface area contributed by atoms with Crippen molar-refractivity contribution in [3.05, 3.63) is 42.0 Å². The zero-order valence-electron chi connectivity index (χ0n) is 11.6. The molecule has 0 aromatic heterocycles. The average Bonchev–Trinajstić information content (AvgIpc) is 3.15. The molecule has 2 nitrogen and oxygen atoms in total. The Labute approximate surface area is 114 Å². The fourth-order valence-electron chi connectivity index (χ4n) is 2.74. The van der Waals surface area contributed by atoms with E-state index in [2.05, 4.69) is 48.6 Å². The molecule has 2 aromatic carbocycles. The van der Waals surface area contributed by atoms with E-state index in [1.807, 2.05) is 0 Å². The van der Waals surface area contributed by atoms with Gasteiger partial charge >= 0.3 is 0 Å². The Bertz CT molecular complexity index is 578. The molecule has 0 spiro atoms. The molecule has 2 atom stereocenters. The molecule has 1 N–H and O–H groups in total. The molecular formula is C17H21NO. The van der Waals surface area contributed by atoms with E-state index in [-0.39, 0.29) is 0 Å². The van der Waals surface area contributed by atoms with Crippen molar-refractivity contribution in [2.24, 2.45) is 11.8 Å². The molecule has 1 aliphatic rings. The predicted octanol–water partition coefficient (Wildman–Crippen LogP) is 3.59. The first-order valence-electron chi connectivity index (χ1n) is 7.05. The Morgan fingerprint density at radius 3 is 2.58 bits per heavy atom. The lowest BCUT2D eigenvalue weighted by Crippen LogP contribution is -2.17. The van der Waals surface area contributed by atoms with E-state index in [0.29, 0.717) is 0 Å². The largest absolute Gasteiger partial charge is 0.496 e. The van der Waals surface area contributed by atoms with E-state index in [1.165, 1.54) is 22.8 Å². The van der Waals surface area contributed by atoms with Gasteiger partial charge in [-0.3, -0.25) is 0 Å². The van der Waals surface area contributed by atoms with Crippen LogP contribution in [0.1, 0.15) is 18.9 Å². The van der Waals surface area contributed by atoms with Gasteiger partial charge < -0.3 is 10.1 Å². The van der Waals surface area contributed by atoms with Crippen molar-refractivity contribution in [3.63, 3.8) is 0 Å². The molecule has 2 heteroatoms. The molecule has 1 saturated carbocycles. The van der Waals surface area contributed by atoms with Gasteiger partial charge in [0.15, 0.2) is 0 Å². The minimum absolute atomic E-state index is 0.893. The van der Waals surface area contributed by atoms with E-state index >= 15 is 0 Å². The predicted molar refractivity (Wildman–Crippen MR) is 79.5 cm³/mol. The summed E-state index contributed by atoms with van der Waals surface area (Å²) in [6.07, 6.45) is 1.39. The van der Waals surface area contributed by atoms with Gasteiger partial charge in [-0.05, 0) is 41.8 Å². The number of fused-ring (bicyclic) bond motifs is 1. The second-order valence-corrected chi connectivity index (χ2v) is 5.58. The molecule has 19 heavy (non-hydrogen) atoms. The number of methoxy groups -OCH3 is 1. The summed E-state index contributed by atoms with van der Waals surface area (Å²) in [5.74, 6) is 2.76. The highest BCUT2D eigenvalue weighted by Crippen LogP contribution is 2.37. The van der Waals surface area contributed by atoms with Crippen molar-refractivity contribution in [3.8, 4) is 5.75 Å². The van der Waals surface area contributed by atoms with Crippen LogP contribution in [0.5, 0.6) is 5.75 Å². The first-order chi connectivity index (χ1) is 9.29. The van der Waals surface area contributed by atoms with E-state index in [9.17, 15) is 0 Å². The third kappa shape index (κ3) is 2.59. The van der Waals surface area contributed by atoms with Crippen molar-refractivity contribution in [1.29, 1.82) is 0 Å². The Morgan fingerprint density at radius 1 is 1.16 bits per heavy atom. The summed E-state index contributed by atoms with van der Waals surface area (Å²) in [4.78, 5) is 0. The van der Waals surface area contributed by atoms with Gasteiger partial charge in [0.05, 0.1) is 7.11 Å². The van der Waals surface area contributed by atoms with Crippen molar-refractivity contribution < 1.29 is 4.74 Å². The molecule has 0 heterocycles. The Balaban J connectivity index is 1.79. The van der Waals surface area contributed by atoms with Crippen molar-refractivity contribution in [2.75, 3.05) is 13.7 Å². The van der Waals surface area contributed by atoms with Crippen LogP contribution in [0, 0.1) is 11.8 Å². The van der Waals surface area contributed by atoms with E-state index in [4.69, 9.17) is 4.74 Å². The summed E-state index contributed by atoms with van der Waals surface area (Å²) in [6.45, 7) is 4.41. The van der Waals surface area contributed by atoms with Crippen LogP contribution in [0.3, 0.4) is 0 Å². The van der Waals surface area contributed by atoms with Gasteiger partial charge in [-0.2, -0.15) is 0 Å². The molecule has 100 valence electrons. The fraction of sp³-hybridized carbons (Fsp3) is 0.412. The van der Waals surface area contributed by atoms with Gasteiger partial charge in [0.2, 0.25) is 0 Å². The molecule has 0 aliphatic heterocycles. The molecule has 2 unspecified atom stereocenters. The fourth-order valence-corrected chi connectivity index (χ4v) is 2.74. The van der Waals surface area contributed by atoms with Gasteiger partial charge in [-0.25, -0.2) is 0 Å². The monoisotopic (exact) mass is 255 g/mol. The van der Waals surface area contributed by atoms with Crippen LogP contribution in [-0.2, 0) is 6.54 Å². The molecule has 1 fully saturated rings. The summed E-state index contributed by atoms with van der Waals surface area (Å²) in [7, 11) is 1.73. The summed E-state index contributed by atoms with van der Waals surface area (Å²) < 4.78 is 5.43. The van der Waals surface area contributed by atoms with Crippen LogP contribution in [0.15, 0.2) is 36.4 Å². The maximum absolute atomic E-state index is 5.43. The lowest BCUT2D eigenvalue weighted by atomic mass is 10.0. The smallest absolute Gasteiger partial charge is 0.126 e. The van der Waals surface area contributed by atoms with Gasteiger partial charge in [0.1, 0.15) is 5.75 Å². The quantitative estimate of drug-likeness (QED) is 0.881. The highest BCUT2D eigenvalue weighted by atomic mass is 16.5. The lowest BCUT2D eigenvalue weighted by molar-refractivity contribution is 0.419.